The number of hydrogen-bond acceptors (Lipinski definition) is 4. The highest BCUT2D eigenvalue weighted by Crippen LogP contribution is 2.44. The molecule has 2 rings (SSSR count). The van der Waals surface area contributed by atoms with E-state index in [0.717, 1.165) is 12.0 Å². The average molecular weight is 313 g/mol. The first-order chi connectivity index (χ1) is 9.71. The van der Waals surface area contributed by atoms with Crippen LogP contribution >= 0.6 is 22.9 Å². The molecule has 1 aromatic carbocycles. The normalized spacial score (nSPS) is 12.0. The van der Waals surface area contributed by atoms with Crippen molar-refractivity contribution in [1.29, 1.82) is 0 Å². The van der Waals surface area contributed by atoms with E-state index in [1.54, 1.807) is 32.7 Å². The molecule has 1 heterocycles. The first-order valence-corrected chi connectivity index (χ1v) is 7.53. The Hall–Kier alpha value is -1.39. The van der Waals surface area contributed by atoms with Crippen LogP contribution in [-0.2, 0) is 6.42 Å². The second-order valence-electron chi connectivity index (χ2n) is 4.23. The zero-order valence-electron chi connectivity index (χ0n) is 11.7. The minimum Gasteiger partial charge on any atom is -0.493 e. The summed E-state index contributed by atoms with van der Waals surface area (Å²) in [6, 6.07) is 5.84. The number of hydrogen-bond donors (Lipinski definition) is 0. The van der Waals surface area contributed by atoms with E-state index in [-0.39, 0.29) is 5.38 Å². The fourth-order valence-corrected chi connectivity index (χ4v) is 3.13. The van der Waals surface area contributed by atoms with Gasteiger partial charge in [-0.25, -0.2) is 0 Å². The maximum Gasteiger partial charge on any atom is 0.203 e. The number of ether oxygens (including phenoxy) is 3. The molecule has 5 heteroatoms. The number of rotatable bonds is 6. The van der Waals surface area contributed by atoms with Crippen LogP contribution in [0.3, 0.4) is 0 Å². The van der Waals surface area contributed by atoms with E-state index in [1.807, 2.05) is 17.5 Å². The van der Waals surface area contributed by atoms with E-state index in [1.165, 1.54) is 5.56 Å². The van der Waals surface area contributed by atoms with Crippen LogP contribution in [0.5, 0.6) is 17.2 Å². The van der Waals surface area contributed by atoms with Crippen LogP contribution in [0, 0.1) is 0 Å². The second kappa shape index (κ2) is 6.86. The molecule has 0 aliphatic heterocycles. The van der Waals surface area contributed by atoms with Crippen LogP contribution in [0.15, 0.2) is 29.0 Å². The van der Waals surface area contributed by atoms with Crippen molar-refractivity contribution in [2.75, 3.05) is 21.3 Å². The molecule has 20 heavy (non-hydrogen) atoms. The van der Waals surface area contributed by atoms with Crippen molar-refractivity contribution < 1.29 is 14.2 Å². The Kier molecular flexibility index (Phi) is 5.15. The Bertz CT molecular complexity index is 554. The Labute approximate surface area is 128 Å². The summed E-state index contributed by atoms with van der Waals surface area (Å²) >= 11 is 8.20. The van der Waals surface area contributed by atoms with Crippen molar-refractivity contribution in [1.82, 2.24) is 0 Å². The molecule has 0 saturated heterocycles. The third-order valence-electron chi connectivity index (χ3n) is 3.07. The smallest absolute Gasteiger partial charge is 0.203 e. The van der Waals surface area contributed by atoms with Crippen molar-refractivity contribution >= 4 is 22.9 Å². The predicted molar refractivity (Wildman–Crippen MR) is 82.7 cm³/mol. The minimum atomic E-state index is -0.181. The Morgan fingerprint density at radius 1 is 1.05 bits per heavy atom. The molecule has 1 aromatic heterocycles. The summed E-state index contributed by atoms with van der Waals surface area (Å²) in [6.45, 7) is 0. The summed E-state index contributed by atoms with van der Waals surface area (Å²) in [7, 11) is 4.79. The van der Waals surface area contributed by atoms with Crippen LogP contribution in [0.25, 0.3) is 0 Å². The molecule has 1 unspecified atom stereocenters. The van der Waals surface area contributed by atoms with Crippen LogP contribution in [0.4, 0.5) is 0 Å². The number of thiophene rings is 1. The first-order valence-electron chi connectivity index (χ1n) is 6.15. The van der Waals surface area contributed by atoms with Gasteiger partial charge in [-0.15, -0.1) is 11.6 Å². The van der Waals surface area contributed by atoms with Gasteiger partial charge in [0.05, 0.1) is 26.7 Å². The van der Waals surface area contributed by atoms with E-state index < -0.39 is 0 Å². The zero-order chi connectivity index (χ0) is 14.5. The maximum absolute atomic E-state index is 6.53. The molecule has 0 radical (unpaired) electrons. The summed E-state index contributed by atoms with van der Waals surface area (Å²) in [6.07, 6.45) is 0.747. The van der Waals surface area contributed by atoms with Gasteiger partial charge in [-0.05, 0) is 40.9 Å². The lowest BCUT2D eigenvalue weighted by molar-refractivity contribution is 0.322. The number of halogens is 1. The van der Waals surface area contributed by atoms with Crippen molar-refractivity contribution in [2.45, 2.75) is 11.8 Å². The summed E-state index contributed by atoms with van der Waals surface area (Å²) in [5.41, 5.74) is 2.12. The van der Waals surface area contributed by atoms with E-state index in [4.69, 9.17) is 25.8 Å². The van der Waals surface area contributed by atoms with Crippen molar-refractivity contribution in [3.63, 3.8) is 0 Å². The second-order valence-corrected chi connectivity index (χ2v) is 5.53. The lowest BCUT2D eigenvalue weighted by Crippen LogP contribution is -2.02. The molecule has 3 nitrogen and oxygen atoms in total. The standard InChI is InChI=1S/C15H17ClO3S/c1-17-13-5-4-11(14(18-2)15(13)19-3)12(16)8-10-6-7-20-9-10/h4-7,9,12H,8H2,1-3H3. The van der Waals surface area contributed by atoms with Gasteiger partial charge in [-0.1, -0.05) is 0 Å². The highest BCUT2D eigenvalue weighted by atomic mass is 35.5. The van der Waals surface area contributed by atoms with Crippen LogP contribution in [-0.4, -0.2) is 21.3 Å². The molecule has 0 N–H and O–H groups in total. The molecule has 0 aliphatic rings. The average Bonchev–Trinajstić information content (AvgIpc) is 2.98. The van der Waals surface area contributed by atoms with Gasteiger partial charge in [0.2, 0.25) is 5.75 Å². The molecule has 0 spiro atoms. The van der Waals surface area contributed by atoms with E-state index >= 15 is 0 Å². The minimum absolute atomic E-state index is 0.181. The zero-order valence-corrected chi connectivity index (χ0v) is 13.3. The molecule has 0 amide bonds. The number of benzene rings is 1. The van der Waals surface area contributed by atoms with Gasteiger partial charge in [-0.3, -0.25) is 0 Å². The molecule has 0 aliphatic carbocycles. The van der Waals surface area contributed by atoms with Gasteiger partial charge >= 0.3 is 0 Å². The predicted octanol–water partition coefficient (Wildman–Crippen LogP) is 4.30. The summed E-state index contributed by atoms with van der Waals surface area (Å²) in [4.78, 5) is 0. The molecular formula is C15H17ClO3S. The quantitative estimate of drug-likeness (QED) is 0.744. The monoisotopic (exact) mass is 312 g/mol. The SMILES string of the molecule is COc1ccc(C(Cl)Cc2ccsc2)c(OC)c1OC. The topological polar surface area (TPSA) is 27.7 Å². The van der Waals surface area contributed by atoms with Gasteiger partial charge in [-0.2, -0.15) is 11.3 Å². The van der Waals surface area contributed by atoms with Crippen molar-refractivity contribution in [3.05, 3.63) is 40.1 Å². The lowest BCUT2D eigenvalue weighted by atomic mass is 10.0. The molecule has 0 saturated carbocycles. The number of methoxy groups -OCH3 is 3. The molecule has 1 atom stereocenters. The lowest BCUT2D eigenvalue weighted by Gasteiger charge is -2.18. The van der Waals surface area contributed by atoms with E-state index in [2.05, 4.69) is 11.4 Å². The maximum atomic E-state index is 6.53. The molecule has 108 valence electrons. The number of alkyl halides is 1. The molecule has 2 aromatic rings. The van der Waals surface area contributed by atoms with Crippen molar-refractivity contribution in [3.8, 4) is 17.2 Å². The van der Waals surface area contributed by atoms with Crippen LogP contribution in [0.2, 0.25) is 0 Å². The summed E-state index contributed by atoms with van der Waals surface area (Å²) < 4.78 is 16.1. The third-order valence-corrected chi connectivity index (χ3v) is 4.19. The Balaban J connectivity index is 2.35. The fraction of sp³-hybridized carbons (Fsp3) is 0.333. The molecular weight excluding hydrogens is 296 g/mol. The van der Waals surface area contributed by atoms with Crippen LogP contribution < -0.4 is 14.2 Å². The van der Waals surface area contributed by atoms with Gasteiger partial charge in [0.1, 0.15) is 0 Å². The van der Waals surface area contributed by atoms with Gasteiger partial charge in [0.15, 0.2) is 11.5 Å². The third kappa shape index (κ3) is 3.02. The summed E-state index contributed by atoms with van der Waals surface area (Å²) in [5, 5.41) is 3.97. The van der Waals surface area contributed by atoms with E-state index in [9.17, 15) is 0 Å². The fourth-order valence-electron chi connectivity index (χ4n) is 2.10. The first kappa shape index (κ1) is 15.0. The van der Waals surface area contributed by atoms with Crippen molar-refractivity contribution in [2.24, 2.45) is 0 Å². The molecule has 0 fully saturated rings. The van der Waals surface area contributed by atoms with Gasteiger partial charge in [0.25, 0.3) is 0 Å². The van der Waals surface area contributed by atoms with Gasteiger partial charge < -0.3 is 14.2 Å². The Morgan fingerprint density at radius 3 is 2.35 bits per heavy atom. The largest absolute Gasteiger partial charge is 0.493 e. The summed E-state index contributed by atoms with van der Waals surface area (Å²) in [5.74, 6) is 1.83. The van der Waals surface area contributed by atoms with Crippen LogP contribution in [0.1, 0.15) is 16.5 Å². The van der Waals surface area contributed by atoms with Gasteiger partial charge in [0, 0.05) is 5.56 Å². The highest BCUT2D eigenvalue weighted by molar-refractivity contribution is 7.07. The van der Waals surface area contributed by atoms with E-state index in [0.29, 0.717) is 17.2 Å². The highest BCUT2D eigenvalue weighted by Gasteiger charge is 2.21. The molecule has 0 bridgehead atoms. The Morgan fingerprint density at radius 2 is 1.80 bits per heavy atom.